The molecule has 30 heavy (non-hydrogen) atoms. The molecular weight excluding hydrogens is 396 g/mol. The van der Waals surface area contributed by atoms with Crippen molar-refractivity contribution in [1.82, 2.24) is 15.5 Å². The third-order valence-electron chi connectivity index (χ3n) is 5.96. The van der Waals surface area contributed by atoms with Crippen LogP contribution >= 0.6 is 11.8 Å². The summed E-state index contributed by atoms with van der Waals surface area (Å²) in [6.45, 7) is 10.5. The molecule has 0 bridgehead atoms. The Labute approximate surface area is 184 Å². The Bertz CT molecular complexity index is 829. The molecule has 7 heteroatoms. The molecular formula is C23H34N4O2S. The fraction of sp³-hybridized carbons (Fsp3) is 0.565. The quantitative estimate of drug-likeness (QED) is 0.668. The fourth-order valence-corrected chi connectivity index (χ4v) is 4.90. The molecule has 0 aliphatic carbocycles. The highest BCUT2D eigenvalue weighted by Crippen LogP contribution is 2.34. The van der Waals surface area contributed by atoms with E-state index in [-0.39, 0.29) is 23.3 Å². The van der Waals surface area contributed by atoms with Crippen molar-refractivity contribution in [2.45, 2.75) is 65.6 Å². The van der Waals surface area contributed by atoms with Crippen molar-refractivity contribution in [2.24, 2.45) is 11.1 Å². The largest absolute Gasteiger partial charge is 0.378 e. The van der Waals surface area contributed by atoms with E-state index in [1.807, 2.05) is 27.7 Å². The maximum absolute atomic E-state index is 13.0. The van der Waals surface area contributed by atoms with Crippen molar-refractivity contribution in [2.75, 3.05) is 12.4 Å². The Morgan fingerprint density at radius 2 is 1.93 bits per heavy atom. The van der Waals surface area contributed by atoms with E-state index in [0.717, 1.165) is 17.9 Å². The fourth-order valence-electron chi connectivity index (χ4n) is 3.87. The predicted octanol–water partition coefficient (Wildman–Crippen LogP) is 3.21. The topological polar surface area (TPSA) is 87.5 Å². The number of hydrogen-bond acceptors (Lipinski definition) is 5. The lowest BCUT2D eigenvalue weighted by molar-refractivity contribution is -0.141. The SMILES string of the molecule is CC1=C(c2ccc(C(C)NC(=O)[C@@H]3CCCN3C(=O)[C@@H](N)C(C)(C)C)cc2)SCN1. The zero-order valence-corrected chi connectivity index (χ0v) is 19.4. The number of benzene rings is 1. The molecule has 1 fully saturated rings. The summed E-state index contributed by atoms with van der Waals surface area (Å²) in [5, 5.41) is 6.43. The van der Waals surface area contributed by atoms with E-state index in [2.05, 4.69) is 41.8 Å². The predicted molar refractivity (Wildman–Crippen MR) is 123 cm³/mol. The highest BCUT2D eigenvalue weighted by Gasteiger charge is 2.39. The van der Waals surface area contributed by atoms with E-state index in [4.69, 9.17) is 5.73 Å². The minimum absolute atomic E-state index is 0.104. The molecule has 2 aliphatic rings. The molecule has 4 N–H and O–H groups in total. The van der Waals surface area contributed by atoms with Crippen LogP contribution in [0.4, 0.5) is 0 Å². The maximum Gasteiger partial charge on any atom is 0.243 e. The number of nitrogens with zero attached hydrogens (tertiary/aromatic N) is 1. The minimum atomic E-state index is -0.614. The number of allylic oxidation sites excluding steroid dienone is 1. The second kappa shape index (κ2) is 9.02. The van der Waals surface area contributed by atoms with Gasteiger partial charge in [0.15, 0.2) is 0 Å². The first-order chi connectivity index (χ1) is 14.1. The molecule has 1 aromatic carbocycles. The van der Waals surface area contributed by atoms with Crippen LogP contribution in [0.1, 0.15) is 64.6 Å². The van der Waals surface area contributed by atoms with Gasteiger partial charge in [-0.1, -0.05) is 45.0 Å². The van der Waals surface area contributed by atoms with Crippen molar-refractivity contribution in [1.29, 1.82) is 0 Å². The lowest BCUT2D eigenvalue weighted by Crippen LogP contribution is -2.55. The zero-order valence-electron chi connectivity index (χ0n) is 18.6. The molecule has 2 amide bonds. The standard InChI is InChI=1S/C23H34N4O2S/c1-14(16-8-10-17(11-9-16)19-15(2)25-13-30-19)26-21(28)18-7-6-12-27(18)22(29)20(24)23(3,4)5/h8-11,14,18,20,25H,6-7,12-13,24H2,1-5H3,(H,26,28)/t14?,18-,20+/m0/s1. The number of hydrogen-bond donors (Lipinski definition) is 3. The molecule has 1 saturated heterocycles. The van der Waals surface area contributed by atoms with E-state index < -0.39 is 12.1 Å². The van der Waals surface area contributed by atoms with Crippen LogP contribution in [0.15, 0.2) is 30.0 Å². The van der Waals surface area contributed by atoms with Crippen LogP contribution in [0.3, 0.4) is 0 Å². The van der Waals surface area contributed by atoms with Gasteiger partial charge in [0, 0.05) is 17.1 Å². The first-order valence-corrected chi connectivity index (χ1v) is 11.6. The van der Waals surface area contributed by atoms with E-state index >= 15 is 0 Å². The summed E-state index contributed by atoms with van der Waals surface area (Å²) in [5.74, 6) is 0.668. The van der Waals surface area contributed by atoms with E-state index in [0.29, 0.717) is 13.0 Å². The number of likely N-dealkylation sites (tertiary alicyclic amines) is 1. The van der Waals surface area contributed by atoms with Crippen LogP contribution in [0, 0.1) is 5.41 Å². The van der Waals surface area contributed by atoms with E-state index in [9.17, 15) is 9.59 Å². The molecule has 0 spiro atoms. The Morgan fingerprint density at radius 1 is 1.27 bits per heavy atom. The van der Waals surface area contributed by atoms with Crippen LogP contribution in [0.25, 0.3) is 4.91 Å². The van der Waals surface area contributed by atoms with Gasteiger partial charge >= 0.3 is 0 Å². The molecule has 2 heterocycles. The normalized spacial score (nSPS) is 21.4. The monoisotopic (exact) mass is 430 g/mol. The van der Waals surface area contributed by atoms with Crippen molar-refractivity contribution in [3.8, 4) is 0 Å². The second-order valence-corrected chi connectivity index (χ2v) is 10.3. The summed E-state index contributed by atoms with van der Waals surface area (Å²) >= 11 is 1.80. The van der Waals surface area contributed by atoms with Gasteiger partial charge in [-0.3, -0.25) is 9.59 Å². The molecule has 164 valence electrons. The first-order valence-electron chi connectivity index (χ1n) is 10.6. The molecule has 3 rings (SSSR count). The minimum Gasteiger partial charge on any atom is -0.378 e. The molecule has 6 nitrogen and oxygen atoms in total. The smallest absolute Gasteiger partial charge is 0.243 e. The summed E-state index contributed by atoms with van der Waals surface area (Å²) < 4.78 is 0. The highest BCUT2D eigenvalue weighted by molar-refractivity contribution is 8.08. The number of carbonyl (C=O) groups excluding carboxylic acids is 2. The average molecular weight is 431 g/mol. The lowest BCUT2D eigenvalue weighted by Gasteiger charge is -2.33. The maximum atomic E-state index is 13.0. The Morgan fingerprint density at radius 3 is 2.50 bits per heavy atom. The van der Waals surface area contributed by atoms with Crippen LogP contribution < -0.4 is 16.4 Å². The summed E-state index contributed by atoms with van der Waals surface area (Å²) in [5.41, 5.74) is 9.27. The van der Waals surface area contributed by atoms with Crippen molar-refractivity contribution in [3.63, 3.8) is 0 Å². The van der Waals surface area contributed by atoms with Crippen LogP contribution in [0.2, 0.25) is 0 Å². The van der Waals surface area contributed by atoms with Crippen molar-refractivity contribution < 1.29 is 9.59 Å². The first kappa shape index (κ1) is 22.7. The molecule has 1 aromatic rings. The second-order valence-electron chi connectivity index (χ2n) is 9.31. The Kier molecular flexibility index (Phi) is 6.82. The average Bonchev–Trinajstić information content (AvgIpc) is 3.35. The van der Waals surface area contributed by atoms with Crippen molar-refractivity contribution >= 4 is 28.5 Å². The van der Waals surface area contributed by atoms with Crippen LogP contribution in [0.5, 0.6) is 0 Å². The van der Waals surface area contributed by atoms with Gasteiger partial charge in [0.05, 0.1) is 18.0 Å². The summed E-state index contributed by atoms with van der Waals surface area (Å²) in [4.78, 5) is 28.8. The molecule has 2 aliphatic heterocycles. The highest BCUT2D eigenvalue weighted by atomic mass is 32.2. The van der Waals surface area contributed by atoms with Gasteiger partial charge in [-0.2, -0.15) is 0 Å². The number of amides is 2. The van der Waals surface area contributed by atoms with Gasteiger partial charge in [0.25, 0.3) is 0 Å². The number of thioether (sulfide) groups is 1. The van der Waals surface area contributed by atoms with Gasteiger partial charge in [-0.15, -0.1) is 11.8 Å². The Hall–Kier alpha value is -1.99. The summed E-state index contributed by atoms with van der Waals surface area (Å²) in [7, 11) is 0. The van der Waals surface area contributed by atoms with Gasteiger partial charge in [0.2, 0.25) is 11.8 Å². The van der Waals surface area contributed by atoms with Gasteiger partial charge in [-0.05, 0) is 43.2 Å². The third-order valence-corrected chi connectivity index (χ3v) is 7.08. The summed E-state index contributed by atoms with van der Waals surface area (Å²) in [6, 6.07) is 7.14. The third kappa shape index (κ3) is 4.83. The molecule has 0 aromatic heterocycles. The molecule has 0 saturated carbocycles. The van der Waals surface area contributed by atoms with Gasteiger partial charge < -0.3 is 21.3 Å². The van der Waals surface area contributed by atoms with Crippen molar-refractivity contribution in [3.05, 3.63) is 41.1 Å². The van der Waals surface area contributed by atoms with Gasteiger partial charge in [-0.25, -0.2) is 0 Å². The molecule has 3 atom stereocenters. The number of rotatable bonds is 5. The zero-order chi connectivity index (χ0) is 22.1. The van der Waals surface area contributed by atoms with Crippen LogP contribution in [-0.4, -0.2) is 41.2 Å². The van der Waals surface area contributed by atoms with Crippen LogP contribution in [-0.2, 0) is 9.59 Å². The number of nitrogens with two attached hydrogens (primary N) is 1. The molecule has 1 unspecified atom stereocenters. The van der Waals surface area contributed by atoms with E-state index in [1.54, 1.807) is 16.7 Å². The summed E-state index contributed by atoms with van der Waals surface area (Å²) in [6.07, 6.45) is 1.50. The number of carbonyl (C=O) groups is 2. The Balaban J connectivity index is 1.65. The van der Waals surface area contributed by atoms with Gasteiger partial charge in [0.1, 0.15) is 6.04 Å². The number of nitrogens with one attached hydrogen (secondary N) is 2. The lowest BCUT2D eigenvalue weighted by atomic mass is 9.86. The molecule has 0 radical (unpaired) electrons. The van der Waals surface area contributed by atoms with E-state index in [1.165, 1.54) is 16.2 Å².